The normalized spacial score (nSPS) is 9.97. The molecule has 0 atom stereocenters. The predicted molar refractivity (Wildman–Crippen MR) is 126 cm³/mol. The van der Waals surface area contributed by atoms with Gasteiger partial charge >= 0.3 is 0 Å². The number of benzene rings is 4. The third kappa shape index (κ3) is 4.74. The first kappa shape index (κ1) is 19.0. The van der Waals surface area contributed by atoms with E-state index in [1.807, 2.05) is 18.2 Å². The highest BCUT2D eigenvalue weighted by Gasteiger charge is 2.06. The largest absolute Gasteiger partial charge is 0.0622 e. The summed E-state index contributed by atoms with van der Waals surface area (Å²) in [6.45, 7) is 0. The number of hydrogen-bond acceptors (Lipinski definition) is 0. The van der Waals surface area contributed by atoms with Gasteiger partial charge in [0.15, 0.2) is 0 Å². The molecule has 4 rings (SSSR count). The second-order valence-corrected chi connectivity index (χ2v) is 7.52. The van der Waals surface area contributed by atoms with Gasteiger partial charge in [0.25, 0.3) is 0 Å². The maximum absolute atomic E-state index is 3.52. The molecular formula is C28H19Br. The van der Waals surface area contributed by atoms with Crippen LogP contribution in [0.5, 0.6) is 0 Å². The Kier molecular flexibility index (Phi) is 6.05. The van der Waals surface area contributed by atoms with E-state index in [1.165, 1.54) is 0 Å². The van der Waals surface area contributed by atoms with Crippen molar-refractivity contribution in [1.82, 2.24) is 0 Å². The highest BCUT2D eigenvalue weighted by atomic mass is 79.9. The average molecular weight is 435 g/mol. The van der Waals surface area contributed by atoms with Crippen LogP contribution in [0.25, 0.3) is 11.1 Å². The number of halogens is 1. The lowest BCUT2D eigenvalue weighted by Gasteiger charge is -2.06. The molecule has 0 aromatic heterocycles. The fraction of sp³-hybridized carbons (Fsp3) is 0. The Bertz CT molecular complexity index is 1130. The maximum Gasteiger partial charge on any atom is 0.0393 e. The van der Waals surface area contributed by atoms with E-state index in [-0.39, 0.29) is 0 Å². The van der Waals surface area contributed by atoms with Gasteiger partial charge in [-0.3, -0.25) is 0 Å². The summed E-state index contributed by atoms with van der Waals surface area (Å²) >= 11 is 3.52. The lowest BCUT2D eigenvalue weighted by atomic mass is 9.97. The zero-order valence-electron chi connectivity index (χ0n) is 15.8. The standard InChI is InChI=1S/C28H19Br/c29-26-18-16-25(17-19-26)28(24-14-8-3-9-15-24)21-20-27(22-10-4-1-5-11-22)23-12-6-2-7-13-23/h1-19H. The first-order valence-electron chi connectivity index (χ1n) is 9.49. The van der Waals surface area contributed by atoms with Crippen molar-refractivity contribution in [3.8, 4) is 0 Å². The summed E-state index contributed by atoms with van der Waals surface area (Å²) in [5.74, 6) is 0. The molecule has 0 bridgehead atoms. The molecule has 0 aliphatic heterocycles. The fourth-order valence-electron chi connectivity index (χ4n) is 3.18. The zero-order chi connectivity index (χ0) is 19.9. The summed E-state index contributed by atoms with van der Waals surface area (Å²) in [5, 5.41) is 0. The van der Waals surface area contributed by atoms with Crippen LogP contribution in [-0.2, 0) is 0 Å². The van der Waals surface area contributed by atoms with Gasteiger partial charge in [-0.25, -0.2) is 0 Å². The Morgan fingerprint density at radius 1 is 0.414 bits per heavy atom. The minimum Gasteiger partial charge on any atom is -0.0622 e. The molecule has 0 aliphatic rings. The summed E-state index contributed by atoms with van der Waals surface area (Å²) in [7, 11) is 0. The van der Waals surface area contributed by atoms with Crippen LogP contribution < -0.4 is 0 Å². The maximum atomic E-state index is 3.52. The Morgan fingerprint density at radius 2 is 0.724 bits per heavy atom. The minimum atomic E-state index is 1.02. The molecule has 0 saturated heterocycles. The third-order valence-corrected chi connectivity index (χ3v) is 5.16. The molecule has 0 radical (unpaired) electrons. The van der Waals surface area contributed by atoms with Gasteiger partial charge in [0.2, 0.25) is 0 Å². The van der Waals surface area contributed by atoms with Crippen molar-refractivity contribution >= 4 is 27.1 Å². The van der Waals surface area contributed by atoms with E-state index in [0.29, 0.717) is 0 Å². The Hall–Kier alpha value is -3.34. The molecule has 0 heterocycles. The molecule has 29 heavy (non-hydrogen) atoms. The van der Waals surface area contributed by atoms with Gasteiger partial charge in [-0.2, -0.15) is 0 Å². The van der Waals surface area contributed by atoms with E-state index in [0.717, 1.165) is 37.9 Å². The first-order valence-corrected chi connectivity index (χ1v) is 10.3. The van der Waals surface area contributed by atoms with Crippen LogP contribution in [0.4, 0.5) is 0 Å². The third-order valence-electron chi connectivity index (χ3n) is 4.63. The minimum absolute atomic E-state index is 1.02. The van der Waals surface area contributed by atoms with Gasteiger partial charge < -0.3 is 0 Å². The van der Waals surface area contributed by atoms with Crippen molar-refractivity contribution < 1.29 is 0 Å². The Morgan fingerprint density at radius 3 is 1.07 bits per heavy atom. The smallest absolute Gasteiger partial charge is 0.0393 e. The second-order valence-electron chi connectivity index (χ2n) is 6.60. The van der Waals surface area contributed by atoms with E-state index in [1.54, 1.807) is 0 Å². The lowest BCUT2D eigenvalue weighted by molar-refractivity contribution is 1.53. The quantitative estimate of drug-likeness (QED) is 0.287. The summed E-state index contributed by atoms with van der Waals surface area (Å²) in [4.78, 5) is 0. The molecule has 1 heteroatoms. The second kappa shape index (κ2) is 9.24. The molecule has 0 aliphatic carbocycles. The Balaban J connectivity index is 2.00. The molecule has 0 fully saturated rings. The van der Waals surface area contributed by atoms with Crippen LogP contribution in [0, 0.1) is 0 Å². The topological polar surface area (TPSA) is 0 Å². The summed E-state index contributed by atoms with van der Waals surface area (Å²) in [6.07, 6.45) is 0. The van der Waals surface area contributed by atoms with E-state index >= 15 is 0 Å². The summed E-state index contributed by atoms with van der Waals surface area (Å²) in [5.41, 5.74) is 13.5. The van der Waals surface area contributed by atoms with Crippen molar-refractivity contribution in [2.75, 3.05) is 0 Å². The molecule has 0 amide bonds. The molecule has 0 saturated carbocycles. The molecule has 4 aromatic rings. The molecule has 0 nitrogen and oxygen atoms in total. The molecule has 0 N–H and O–H groups in total. The van der Waals surface area contributed by atoms with Crippen molar-refractivity contribution in [2.45, 2.75) is 0 Å². The van der Waals surface area contributed by atoms with Crippen molar-refractivity contribution in [3.05, 3.63) is 153 Å². The van der Waals surface area contributed by atoms with Crippen LogP contribution in [0.2, 0.25) is 0 Å². The van der Waals surface area contributed by atoms with E-state index in [2.05, 4.69) is 124 Å². The number of hydrogen-bond donors (Lipinski definition) is 0. The van der Waals surface area contributed by atoms with Crippen LogP contribution in [0.15, 0.2) is 131 Å². The first-order chi connectivity index (χ1) is 14.3. The monoisotopic (exact) mass is 434 g/mol. The van der Waals surface area contributed by atoms with Crippen LogP contribution in [-0.4, -0.2) is 0 Å². The molecule has 0 spiro atoms. The summed E-state index contributed by atoms with van der Waals surface area (Å²) in [6, 6.07) is 39.4. The van der Waals surface area contributed by atoms with Gasteiger partial charge in [0.05, 0.1) is 0 Å². The predicted octanol–water partition coefficient (Wildman–Crippen LogP) is 7.77. The van der Waals surface area contributed by atoms with E-state index in [4.69, 9.17) is 0 Å². The van der Waals surface area contributed by atoms with Gasteiger partial charge in [0.1, 0.15) is 0 Å². The molecule has 4 aromatic carbocycles. The van der Waals surface area contributed by atoms with E-state index in [9.17, 15) is 0 Å². The summed E-state index contributed by atoms with van der Waals surface area (Å²) < 4.78 is 1.06. The highest BCUT2D eigenvalue weighted by molar-refractivity contribution is 9.10. The van der Waals surface area contributed by atoms with Gasteiger partial charge in [-0.15, -0.1) is 0 Å². The highest BCUT2D eigenvalue weighted by Crippen LogP contribution is 2.25. The molecule has 0 unspecified atom stereocenters. The molecular weight excluding hydrogens is 416 g/mol. The van der Waals surface area contributed by atoms with Gasteiger partial charge in [-0.05, 0) is 34.4 Å². The Labute approximate surface area is 180 Å². The van der Waals surface area contributed by atoms with Gasteiger partial charge in [-0.1, -0.05) is 131 Å². The average Bonchev–Trinajstić information content (AvgIpc) is 2.79. The van der Waals surface area contributed by atoms with Crippen molar-refractivity contribution in [2.24, 2.45) is 0 Å². The lowest BCUT2D eigenvalue weighted by Crippen LogP contribution is -1.87. The van der Waals surface area contributed by atoms with Gasteiger partial charge in [0, 0.05) is 15.6 Å². The number of rotatable bonds is 4. The van der Waals surface area contributed by atoms with Crippen molar-refractivity contribution in [1.29, 1.82) is 0 Å². The SMILES string of the molecule is Brc1ccc(C(=C=C=C(c2ccccc2)c2ccccc2)c2ccccc2)cc1. The zero-order valence-corrected chi connectivity index (χ0v) is 17.4. The molecule has 138 valence electrons. The van der Waals surface area contributed by atoms with Crippen LogP contribution in [0.3, 0.4) is 0 Å². The van der Waals surface area contributed by atoms with Crippen molar-refractivity contribution in [3.63, 3.8) is 0 Å². The van der Waals surface area contributed by atoms with E-state index < -0.39 is 0 Å². The van der Waals surface area contributed by atoms with Crippen LogP contribution >= 0.6 is 15.9 Å². The van der Waals surface area contributed by atoms with Crippen LogP contribution in [0.1, 0.15) is 22.3 Å². The fourth-order valence-corrected chi connectivity index (χ4v) is 3.44.